The van der Waals surface area contributed by atoms with Crippen LogP contribution in [0.25, 0.3) is 0 Å². The first-order chi connectivity index (χ1) is 10.5. The number of hydrogen-bond acceptors (Lipinski definition) is 3. The van der Waals surface area contributed by atoms with Crippen LogP contribution < -0.4 is 5.32 Å². The van der Waals surface area contributed by atoms with Crippen molar-refractivity contribution in [2.45, 2.75) is 45.6 Å². The van der Waals surface area contributed by atoms with Gasteiger partial charge in [0.05, 0.1) is 11.9 Å². The van der Waals surface area contributed by atoms with E-state index in [2.05, 4.69) is 34.5 Å². The number of aryl methyl sites for hydroxylation is 2. The fourth-order valence-electron chi connectivity index (χ4n) is 3.06. The average molecular weight is 301 g/mol. The van der Waals surface area contributed by atoms with Gasteiger partial charge in [-0.15, -0.1) is 0 Å². The Hall–Kier alpha value is -2.11. The Morgan fingerprint density at radius 1 is 1.55 bits per heavy atom. The molecule has 0 radical (unpaired) electrons. The number of hydrogen-bond donors (Lipinski definition) is 2. The number of aromatic nitrogens is 4. The molecule has 1 atom stereocenters. The Labute approximate surface area is 130 Å². The summed E-state index contributed by atoms with van der Waals surface area (Å²) < 4.78 is 1.68. The minimum Gasteiger partial charge on any atom is -0.348 e. The number of fused-ring (bicyclic) bond motifs is 1. The van der Waals surface area contributed by atoms with E-state index in [1.54, 1.807) is 4.68 Å². The highest BCUT2D eigenvalue weighted by atomic mass is 16.2. The SMILES string of the molecule is CC(C)Cc1cc(C(=O)N[C@H]2CCc3[nH]ncc3C2)n(C)n1. The molecule has 22 heavy (non-hydrogen) atoms. The maximum atomic E-state index is 12.5. The van der Waals surface area contributed by atoms with Crippen molar-refractivity contribution in [3.8, 4) is 0 Å². The number of H-pyrrole nitrogens is 1. The van der Waals surface area contributed by atoms with Gasteiger partial charge in [-0.25, -0.2) is 0 Å². The molecular weight excluding hydrogens is 278 g/mol. The summed E-state index contributed by atoms with van der Waals surface area (Å²) in [4.78, 5) is 12.5. The second-order valence-corrected chi connectivity index (χ2v) is 6.53. The summed E-state index contributed by atoms with van der Waals surface area (Å²) in [6.07, 6.45) is 5.47. The topological polar surface area (TPSA) is 75.6 Å². The predicted octanol–water partition coefficient (Wildman–Crippen LogP) is 1.63. The van der Waals surface area contributed by atoms with E-state index in [4.69, 9.17) is 0 Å². The summed E-state index contributed by atoms with van der Waals surface area (Å²) in [5, 5.41) is 14.7. The van der Waals surface area contributed by atoms with Gasteiger partial charge in [-0.3, -0.25) is 14.6 Å². The normalized spacial score (nSPS) is 17.5. The molecule has 0 saturated heterocycles. The van der Waals surface area contributed by atoms with Gasteiger partial charge in [0, 0.05) is 18.8 Å². The molecule has 0 bridgehead atoms. The molecule has 118 valence electrons. The molecule has 3 rings (SSSR count). The molecule has 1 aliphatic carbocycles. The van der Waals surface area contributed by atoms with E-state index in [0.717, 1.165) is 31.4 Å². The second kappa shape index (κ2) is 5.94. The smallest absolute Gasteiger partial charge is 0.269 e. The molecule has 0 aliphatic heterocycles. The third-order valence-corrected chi connectivity index (χ3v) is 4.13. The maximum absolute atomic E-state index is 12.5. The quantitative estimate of drug-likeness (QED) is 0.901. The third-order valence-electron chi connectivity index (χ3n) is 4.13. The lowest BCUT2D eigenvalue weighted by Crippen LogP contribution is -2.39. The van der Waals surface area contributed by atoms with Crippen LogP contribution in [0.4, 0.5) is 0 Å². The second-order valence-electron chi connectivity index (χ2n) is 6.53. The van der Waals surface area contributed by atoms with Gasteiger partial charge in [0.1, 0.15) is 5.69 Å². The van der Waals surface area contributed by atoms with Crippen LogP contribution in [0.15, 0.2) is 12.3 Å². The van der Waals surface area contributed by atoms with Crippen molar-refractivity contribution in [3.63, 3.8) is 0 Å². The molecule has 2 N–H and O–H groups in total. The monoisotopic (exact) mass is 301 g/mol. The van der Waals surface area contributed by atoms with E-state index < -0.39 is 0 Å². The van der Waals surface area contributed by atoms with Gasteiger partial charge < -0.3 is 5.32 Å². The number of carbonyl (C=O) groups excluding carboxylic acids is 1. The first kappa shape index (κ1) is 14.8. The molecular formula is C16H23N5O. The van der Waals surface area contributed by atoms with Crippen LogP contribution >= 0.6 is 0 Å². The van der Waals surface area contributed by atoms with Crippen molar-refractivity contribution in [1.82, 2.24) is 25.3 Å². The Bertz CT molecular complexity index is 670. The van der Waals surface area contributed by atoms with Gasteiger partial charge in [-0.1, -0.05) is 13.8 Å². The molecule has 0 spiro atoms. The summed E-state index contributed by atoms with van der Waals surface area (Å²) in [5.74, 6) is 0.491. The minimum absolute atomic E-state index is 0.0399. The summed E-state index contributed by atoms with van der Waals surface area (Å²) >= 11 is 0. The van der Waals surface area contributed by atoms with Crippen LogP contribution in [0.3, 0.4) is 0 Å². The standard InChI is InChI=1S/C16H23N5O/c1-10(2)6-13-8-15(21(3)20-13)16(22)18-12-4-5-14-11(7-12)9-17-19-14/h8-10,12H,4-7H2,1-3H3,(H,17,19)(H,18,22)/t12-/m0/s1. The molecule has 0 fully saturated rings. The first-order valence-electron chi connectivity index (χ1n) is 7.88. The van der Waals surface area contributed by atoms with E-state index in [9.17, 15) is 4.79 Å². The lowest BCUT2D eigenvalue weighted by molar-refractivity contribution is 0.0924. The number of amides is 1. The lowest BCUT2D eigenvalue weighted by atomic mass is 9.93. The lowest BCUT2D eigenvalue weighted by Gasteiger charge is -2.22. The van der Waals surface area contributed by atoms with Crippen molar-refractivity contribution in [2.24, 2.45) is 13.0 Å². The largest absolute Gasteiger partial charge is 0.348 e. The Morgan fingerprint density at radius 3 is 3.14 bits per heavy atom. The first-order valence-corrected chi connectivity index (χ1v) is 7.88. The average Bonchev–Trinajstić information content (AvgIpc) is 3.04. The number of nitrogens with zero attached hydrogens (tertiary/aromatic N) is 3. The summed E-state index contributed by atoms with van der Waals surface area (Å²) in [6, 6.07) is 2.07. The zero-order valence-corrected chi connectivity index (χ0v) is 13.4. The zero-order valence-electron chi connectivity index (χ0n) is 13.4. The van der Waals surface area contributed by atoms with Crippen LogP contribution in [-0.2, 0) is 26.3 Å². The summed E-state index contributed by atoms with van der Waals surface area (Å²) in [6.45, 7) is 4.30. The van der Waals surface area contributed by atoms with Crippen LogP contribution in [0.1, 0.15) is 47.7 Å². The van der Waals surface area contributed by atoms with Crippen molar-refractivity contribution in [3.05, 3.63) is 34.9 Å². The van der Waals surface area contributed by atoms with Crippen molar-refractivity contribution in [1.29, 1.82) is 0 Å². The Kier molecular flexibility index (Phi) is 4.00. The number of rotatable bonds is 4. The Morgan fingerprint density at radius 2 is 2.36 bits per heavy atom. The molecule has 1 amide bonds. The fourth-order valence-corrected chi connectivity index (χ4v) is 3.06. The van der Waals surface area contributed by atoms with Gasteiger partial charge in [-0.2, -0.15) is 10.2 Å². The van der Waals surface area contributed by atoms with E-state index in [-0.39, 0.29) is 11.9 Å². The highest BCUT2D eigenvalue weighted by Crippen LogP contribution is 2.19. The molecule has 6 nitrogen and oxygen atoms in total. The van der Waals surface area contributed by atoms with Crippen LogP contribution in [0.2, 0.25) is 0 Å². The molecule has 0 aromatic carbocycles. The van der Waals surface area contributed by atoms with Gasteiger partial charge in [0.2, 0.25) is 0 Å². The molecule has 6 heteroatoms. The molecule has 2 heterocycles. The Balaban J connectivity index is 1.66. The van der Waals surface area contributed by atoms with Crippen molar-refractivity contribution in [2.75, 3.05) is 0 Å². The molecule has 1 aliphatic rings. The fraction of sp³-hybridized carbons (Fsp3) is 0.562. The van der Waals surface area contributed by atoms with Crippen molar-refractivity contribution < 1.29 is 4.79 Å². The maximum Gasteiger partial charge on any atom is 0.269 e. The third kappa shape index (κ3) is 3.05. The van der Waals surface area contributed by atoms with Gasteiger partial charge in [-0.05, 0) is 43.2 Å². The van der Waals surface area contributed by atoms with E-state index >= 15 is 0 Å². The highest BCUT2D eigenvalue weighted by molar-refractivity contribution is 5.92. The number of aromatic amines is 1. The highest BCUT2D eigenvalue weighted by Gasteiger charge is 2.23. The molecule has 2 aromatic rings. The minimum atomic E-state index is -0.0399. The summed E-state index contributed by atoms with van der Waals surface area (Å²) in [7, 11) is 1.83. The number of nitrogens with one attached hydrogen (secondary N) is 2. The van der Waals surface area contributed by atoms with E-state index in [1.807, 2.05) is 19.3 Å². The van der Waals surface area contributed by atoms with E-state index in [1.165, 1.54) is 11.3 Å². The zero-order chi connectivity index (χ0) is 15.7. The molecule has 0 saturated carbocycles. The van der Waals surface area contributed by atoms with Crippen LogP contribution in [0.5, 0.6) is 0 Å². The van der Waals surface area contributed by atoms with Crippen LogP contribution in [-0.4, -0.2) is 31.9 Å². The van der Waals surface area contributed by atoms with Crippen LogP contribution in [0, 0.1) is 5.92 Å². The van der Waals surface area contributed by atoms with Gasteiger partial charge in [0.15, 0.2) is 0 Å². The van der Waals surface area contributed by atoms with E-state index in [0.29, 0.717) is 11.6 Å². The molecule has 2 aromatic heterocycles. The number of carbonyl (C=O) groups is 1. The summed E-state index contributed by atoms with van der Waals surface area (Å²) in [5.41, 5.74) is 4.02. The van der Waals surface area contributed by atoms with Gasteiger partial charge in [0.25, 0.3) is 5.91 Å². The van der Waals surface area contributed by atoms with Gasteiger partial charge >= 0.3 is 0 Å². The predicted molar refractivity (Wildman–Crippen MR) is 83.6 cm³/mol. The molecule has 0 unspecified atom stereocenters. The van der Waals surface area contributed by atoms with Crippen molar-refractivity contribution >= 4 is 5.91 Å².